The standard InChI is InChI=1S/C5H6N2O.C3H7NO2.C2HF3O2/c6-4-1-2-7-3-5(4)8;1-4(2)3(5)6;3-2(4,5)1(6)7/h1-3,8H,(H2,6,7);1-2H3,(H,5,6);(H,6,7). The number of anilines is 1. The van der Waals surface area contributed by atoms with Crippen LogP contribution >= 0.6 is 0 Å². The maximum Gasteiger partial charge on any atom is 0.490 e. The molecule has 0 atom stereocenters. The molecule has 0 bridgehead atoms. The highest BCUT2D eigenvalue weighted by atomic mass is 19.4. The number of carbonyl (C=O) groups is 2. The number of pyridine rings is 1. The molecule has 8 nitrogen and oxygen atoms in total. The fraction of sp³-hybridized carbons (Fsp3) is 0.300. The summed E-state index contributed by atoms with van der Waals surface area (Å²) in [5.41, 5.74) is 5.59. The van der Waals surface area contributed by atoms with Gasteiger partial charge in [0, 0.05) is 20.3 Å². The normalized spacial score (nSPS) is 9.38. The number of alkyl halides is 3. The molecule has 1 rings (SSSR count). The molecule has 0 spiro atoms. The second-order valence-corrected chi connectivity index (χ2v) is 3.41. The Morgan fingerprint density at radius 2 is 1.67 bits per heavy atom. The Morgan fingerprint density at radius 1 is 1.29 bits per heavy atom. The molecule has 5 N–H and O–H groups in total. The van der Waals surface area contributed by atoms with Crippen LogP contribution in [-0.4, -0.2) is 57.5 Å². The molecule has 0 saturated carbocycles. The van der Waals surface area contributed by atoms with E-state index in [1.54, 1.807) is 0 Å². The predicted molar refractivity (Wildman–Crippen MR) is 65.7 cm³/mol. The summed E-state index contributed by atoms with van der Waals surface area (Å²) in [7, 11) is 2.95. The first-order chi connectivity index (χ1) is 9.39. The molecular formula is C10H14F3N3O5. The summed E-state index contributed by atoms with van der Waals surface area (Å²) in [4.78, 5) is 23.2. The van der Waals surface area contributed by atoms with Gasteiger partial charge in [0.1, 0.15) is 0 Å². The van der Waals surface area contributed by atoms with Crippen molar-refractivity contribution in [3.05, 3.63) is 18.5 Å². The second kappa shape index (κ2) is 9.23. The van der Waals surface area contributed by atoms with Gasteiger partial charge in [0.15, 0.2) is 5.75 Å². The van der Waals surface area contributed by atoms with Crippen LogP contribution in [0.1, 0.15) is 0 Å². The van der Waals surface area contributed by atoms with Gasteiger partial charge in [0.05, 0.1) is 11.9 Å². The average molecular weight is 313 g/mol. The Balaban J connectivity index is 0. The van der Waals surface area contributed by atoms with Crippen molar-refractivity contribution in [1.82, 2.24) is 9.88 Å². The number of carboxylic acids is 1. The molecule has 1 aromatic rings. The van der Waals surface area contributed by atoms with Gasteiger partial charge in [-0.15, -0.1) is 0 Å². The molecule has 0 unspecified atom stereocenters. The number of halogens is 3. The second-order valence-electron chi connectivity index (χ2n) is 3.41. The van der Waals surface area contributed by atoms with Crippen LogP contribution in [0.2, 0.25) is 0 Å². The quantitative estimate of drug-likeness (QED) is 0.565. The number of aromatic nitrogens is 1. The largest absolute Gasteiger partial charge is 0.504 e. The number of carboxylic acid groups (broad SMARTS) is 2. The van der Waals surface area contributed by atoms with Crippen molar-refractivity contribution in [2.75, 3.05) is 19.8 Å². The van der Waals surface area contributed by atoms with Crippen LogP contribution in [0.3, 0.4) is 0 Å². The Morgan fingerprint density at radius 3 is 1.81 bits per heavy atom. The number of hydrogen-bond acceptors (Lipinski definition) is 5. The third-order valence-electron chi connectivity index (χ3n) is 1.46. The van der Waals surface area contributed by atoms with Gasteiger partial charge >= 0.3 is 18.2 Å². The lowest BCUT2D eigenvalue weighted by Gasteiger charge is -1.99. The lowest BCUT2D eigenvalue weighted by atomic mass is 10.4. The molecule has 0 aliphatic heterocycles. The Hall–Kier alpha value is -2.72. The van der Waals surface area contributed by atoms with E-state index in [0.717, 1.165) is 4.90 Å². The van der Waals surface area contributed by atoms with Gasteiger partial charge in [0.2, 0.25) is 0 Å². The first-order valence-electron chi connectivity index (χ1n) is 4.98. The third-order valence-corrected chi connectivity index (χ3v) is 1.46. The summed E-state index contributed by atoms with van der Waals surface area (Å²) >= 11 is 0. The highest BCUT2D eigenvalue weighted by molar-refractivity contribution is 5.73. The van der Waals surface area contributed by atoms with Gasteiger partial charge < -0.3 is 26.0 Å². The molecule has 1 aromatic heterocycles. The van der Waals surface area contributed by atoms with E-state index in [-0.39, 0.29) is 5.75 Å². The SMILES string of the molecule is CN(C)C(=O)O.Nc1ccncc1O.O=C(O)C(F)(F)F. The van der Waals surface area contributed by atoms with Crippen molar-refractivity contribution in [3.8, 4) is 5.75 Å². The van der Waals surface area contributed by atoms with Crippen LogP contribution in [0.4, 0.5) is 23.7 Å². The van der Waals surface area contributed by atoms with Crippen molar-refractivity contribution in [2.45, 2.75) is 6.18 Å². The van der Waals surface area contributed by atoms with E-state index in [1.807, 2.05) is 0 Å². The topological polar surface area (TPSA) is 137 Å². The molecule has 0 aliphatic rings. The smallest absolute Gasteiger partial charge is 0.490 e. The Labute approximate surface area is 117 Å². The van der Waals surface area contributed by atoms with E-state index >= 15 is 0 Å². The van der Waals surface area contributed by atoms with Crippen LogP contribution in [0.5, 0.6) is 5.75 Å². The van der Waals surface area contributed by atoms with E-state index in [4.69, 9.17) is 25.8 Å². The van der Waals surface area contributed by atoms with Gasteiger partial charge in [-0.25, -0.2) is 9.59 Å². The monoisotopic (exact) mass is 313 g/mol. The molecule has 0 saturated heterocycles. The summed E-state index contributed by atoms with van der Waals surface area (Å²) in [5, 5.41) is 23.8. The number of hydrogen-bond donors (Lipinski definition) is 4. The number of nitrogens with two attached hydrogens (primary N) is 1. The van der Waals surface area contributed by atoms with Gasteiger partial charge in [-0.1, -0.05) is 0 Å². The van der Waals surface area contributed by atoms with Gasteiger partial charge in [0.25, 0.3) is 0 Å². The van der Waals surface area contributed by atoms with Crippen molar-refractivity contribution in [1.29, 1.82) is 0 Å². The molecule has 0 radical (unpaired) electrons. The third kappa shape index (κ3) is 12.1. The van der Waals surface area contributed by atoms with Crippen molar-refractivity contribution >= 4 is 17.7 Å². The lowest BCUT2D eigenvalue weighted by molar-refractivity contribution is -0.192. The molecule has 11 heteroatoms. The highest BCUT2D eigenvalue weighted by Crippen LogP contribution is 2.14. The van der Waals surface area contributed by atoms with Crippen LogP contribution < -0.4 is 5.73 Å². The number of nitrogen functional groups attached to an aromatic ring is 1. The van der Waals surface area contributed by atoms with E-state index < -0.39 is 18.2 Å². The zero-order chi connectivity index (χ0) is 17.2. The Bertz CT molecular complexity index is 444. The molecule has 0 fully saturated rings. The number of aliphatic carboxylic acids is 1. The summed E-state index contributed by atoms with van der Waals surface area (Å²) in [6.45, 7) is 0. The van der Waals surface area contributed by atoms with E-state index in [2.05, 4.69) is 4.98 Å². The fourth-order valence-corrected chi connectivity index (χ4v) is 0.397. The van der Waals surface area contributed by atoms with Crippen LogP contribution in [0.25, 0.3) is 0 Å². The highest BCUT2D eigenvalue weighted by Gasteiger charge is 2.38. The first-order valence-corrected chi connectivity index (χ1v) is 4.98. The lowest BCUT2D eigenvalue weighted by Crippen LogP contribution is -2.21. The van der Waals surface area contributed by atoms with Crippen molar-refractivity contribution in [2.24, 2.45) is 0 Å². The minimum absolute atomic E-state index is 0.0347. The summed E-state index contributed by atoms with van der Waals surface area (Å²) in [6, 6.07) is 1.54. The molecule has 120 valence electrons. The van der Waals surface area contributed by atoms with Crippen LogP contribution in [0, 0.1) is 0 Å². The number of nitrogens with zero attached hydrogens (tertiary/aromatic N) is 2. The van der Waals surface area contributed by atoms with Gasteiger partial charge in [-0.2, -0.15) is 13.2 Å². The summed E-state index contributed by atoms with van der Waals surface area (Å²) in [6.07, 6.45) is -3.17. The van der Waals surface area contributed by atoms with Crippen molar-refractivity contribution < 1.29 is 38.1 Å². The summed E-state index contributed by atoms with van der Waals surface area (Å²) in [5.74, 6) is -2.72. The average Bonchev–Trinajstić information content (AvgIpc) is 2.33. The molecule has 0 aromatic carbocycles. The minimum atomic E-state index is -5.08. The first kappa shape index (κ1) is 20.6. The maximum atomic E-state index is 10.6. The fourth-order valence-electron chi connectivity index (χ4n) is 0.397. The number of aromatic hydroxyl groups is 1. The zero-order valence-corrected chi connectivity index (χ0v) is 11.0. The van der Waals surface area contributed by atoms with Crippen molar-refractivity contribution in [3.63, 3.8) is 0 Å². The van der Waals surface area contributed by atoms with E-state index in [1.165, 1.54) is 32.6 Å². The molecular weight excluding hydrogens is 299 g/mol. The Kier molecular flexibility index (Phi) is 9.05. The maximum absolute atomic E-state index is 10.6. The van der Waals surface area contributed by atoms with Gasteiger partial charge in [-0.05, 0) is 6.07 Å². The molecule has 21 heavy (non-hydrogen) atoms. The van der Waals surface area contributed by atoms with Crippen LogP contribution in [-0.2, 0) is 4.79 Å². The number of rotatable bonds is 0. The summed E-state index contributed by atoms with van der Waals surface area (Å²) < 4.78 is 31.7. The predicted octanol–water partition coefficient (Wildman–Crippen LogP) is 1.23. The number of amides is 1. The molecule has 0 aliphatic carbocycles. The minimum Gasteiger partial charge on any atom is -0.504 e. The van der Waals surface area contributed by atoms with E-state index in [9.17, 15) is 18.0 Å². The molecule has 1 amide bonds. The van der Waals surface area contributed by atoms with E-state index in [0.29, 0.717) is 5.69 Å². The van der Waals surface area contributed by atoms with Crippen LogP contribution in [0.15, 0.2) is 18.5 Å². The van der Waals surface area contributed by atoms with Gasteiger partial charge in [-0.3, -0.25) is 4.98 Å². The molecule has 1 heterocycles. The zero-order valence-electron chi connectivity index (χ0n) is 11.0.